The number of thiophene rings is 1. The second-order valence-electron chi connectivity index (χ2n) is 9.16. The number of ether oxygens (including phenoxy) is 1. The van der Waals surface area contributed by atoms with E-state index in [0.717, 1.165) is 34.2 Å². The van der Waals surface area contributed by atoms with Gasteiger partial charge in [0.2, 0.25) is 0 Å². The maximum absolute atomic E-state index is 12.2. The van der Waals surface area contributed by atoms with Gasteiger partial charge in [-0.15, -0.1) is 16.2 Å². The third-order valence-corrected chi connectivity index (χ3v) is 7.53. The van der Waals surface area contributed by atoms with Gasteiger partial charge < -0.3 is 4.74 Å². The fraction of sp³-hybridized carbons (Fsp3) is 0.423. The average molecular weight is 438 g/mol. The molecule has 3 rings (SSSR count). The molecular formula is C26H31NO3S. The number of hydrogen-bond donors (Lipinski definition) is 0. The van der Waals surface area contributed by atoms with Gasteiger partial charge in [0.05, 0.1) is 0 Å². The number of hydrogen-bond acceptors (Lipinski definition) is 5. The zero-order valence-corrected chi connectivity index (χ0v) is 20.1. The molecule has 0 unspecified atom stereocenters. The van der Waals surface area contributed by atoms with Crippen LogP contribution in [-0.4, -0.2) is 12.4 Å². The maximum Gasteiger partial charge on any atom is 0.175 e. The predicted octanol–water partition coefficient (Wildman–Crippen LogP) is 7.71. The number of Topliss-reactive ketones (excluding diaryl/α,β-unsaturated/α-hetero) is 1. The Kier molecular flexibility index (Phi) is 6.65. The van der Waals surface area contributed by atoms with Crippen molar-refractivity contribution in [3.05, 3.63) is 63.4 Å². The summed E-state index contributed by atoms with van der Waals surface area (Å²) in [5.41, 5.74) is 2.19. The molecule has 0 aliphatic carbocycles. The summed E-state index contributed by atoms with van der Waals surface area (Å²) in [7, 11) is 0. The number of carbonyl (C=O) groups is 1. The second-order valence-corrected chi connectivity index (χ2v) is 10.2. The lowest BCUT2D eigenvalue weighted by atomic mass is 9.74. The zero-order valence-electron chi connectivity index (χ0n) is 19.2. The van der Waals surface area contributed by atoms with Crippen LogP contribution in [0.25, 0.3) is 10.1 Å². The highest BCUT2D eigenvalue weighted by molar-refractivity contribution is 7.19. The molecule has 0 aliphatic heterocycles. The Bertz CT molecular complexity index is 1100. The predicted molar refractivity (Wildman–Crippen MR) is 130 cm³/mol. The van der Waals surface area contributed by atoms with Crippen LogP contribution in [-0.2, 0) is 10.2 Å². The Balaban J connectivity index is 1.96. The molecule has 0 fully saturated rings. The first kappa shape index (κ1) is 23.1. The molecule has 5 heteroatoms. The molecule has 0 amide bonds. The van der Waals surface area contributed by atoms with Crippen molar-refractivity contribution in [2.24, 2.45) is 10.6 Å². The summed E-state index contributed by atoms with van der Waals surface area (Å²) < 4.78 is 7.01. The molecular weight excluding hydrogens is 406 g/mol. The van der Waals surface area contributed by atoms with Crippen molar-refractivity contribution in [3.63, 3.8) is 0 Å². The molecule has 0 bridgehead atoms. The summed E-state index contributed by atoms with van der Waals surface area (Å²) in [5.74, 6) is 0.836. The third kappa shape index (κ3) is 4.57. The van der Waals surface area contributed by atoms with Gasteiger partial charge in [-0.2, -0.15) is 0 Å². The minimum absolute atomic E-state index is 0.0831. The van der Waals surface area contributed by atoms with Gasteiger partial charge >= 0.3 is 0 Å². The summed E-state index contributed by atoms with van der Waals surface area (Å²) >= 11 is 1.77. The second kappa shape index (κ2) is 8.91. The van der Waals surface area contributed by atoms with Gasteiger partial charge in [-0.05, 0) is 71.8 Å². The smallest absolute Gasteiger partial charge is 0.175 e. The summed E-state index contributed by atoms with van der Waals surface area (Å²) in [6.07, 6.45) is 1.91. The van der Waals surface area contributed by atoms with Crippen LogP contribution in [0, 0.1) is 17.2 Å². The van der Waals surface area contributed by atoms with Crippen LogP contribution in [0.5, 0.6) is 5.75 Å². The minimum atomic E-state index is -0.409. The maximum atomic E-state index is 12.2. The lowest BCUT2D eigenvalue weighted by Gasteiger charge is -2.32. The fourth-order valence-corrected chi connectivity index (χ4v) is 5.34. The minimum Gasteiger partial charge on any atom is -0.486 e. The van der Waals surface area contributed by atoms with Gasteiger partial charge in [0.15, 0.2) is 5.78 Å². The van der Waals surface area contributed by atoms with E-state index >= 15 is 0 Å². The van der Waals surface area contributed by atoms with E-state index in [-0.39, 0.29) is 17.8 Å². The van der Waals surface area contributed by atoms with E-state index in [9.17, 15) is 9.70 Å². The SMILES string of the molecule is CCC(CC)(c1ccc(OCC(=O)C(C)(C)C)c(C)c1)c1cc2cc(N=O)ccc2s1. The van der Waals surface area contributed by atoms with Gasteiger partial charge in [-0.3, -0.25) is 4.79 Å². The van der Waals surface area contributed by atoms with Crippen molar-refractivity contribution < 1.29 is 9.53 Å². The van der Waals surface area contributed by atoms with E-state index in [1.165, 1.54) is 10.4 Å². The molecule has 0 radical (unpaired) electrons. The number of rotatable bonds is 8. The highest BCUT2D eigenvalue weighted by Gasteiger charge is 2.33. The molecule has 3 aromatic rings. The van der Waals surface area contributed by atoms with Gasteiger partial charge in [-0.1, -0.05) is 46.8 Å². The van der Waals surface area contributed by atoms with Crippen molar-refractivity contribution in [1.29, 1.82) is 0 Å². The zero-order chi connectivity index (χ0) is 22.8. The Labute approximate surface area is 188 Å². The topological polar surface area (TPSA) is 55.7 Å². The normalized spacial score (nSPS) is 12.2. The Morgan fingerprint density at radius 2 is 1.74 bits per heavy atom. The van der Waals surface area contributed by atoms with Gasteiger partial charge in [-0.25, -0.2) is 0 Å². The van der Waals surface area contributed by atoms with Crippen molar-refractivity contribution in [1.82, 2.24) is 0 Å². The number of nitrogens with zero attached hydrogens (tertiary/aromatic N) is 1. The molecule has 164 valence electrons. The highest BCUT2D eigenvalue weighted by Crippen LogP contribution is 2.45. The molecule has 0 atom stereocenters. The van der Waals surface area contributed by atoms with Crippen LogP contribution in [0.15, 0.2) is 47.6 Å². The number of fused-ring (bicyclic) bond motifs is 1. The molecule has 1 heterocycles. The quantitative estimate of drug-likeness (QED) is 0.339. The number of nitroso groups, excluding NO2 is 1. The van der Waals surface area contributed by atoms with Crippen LogP contribution >= 0.6 is 11.3 Å². The van der Waals surface area contributed by atoms with Crippen LogP contribution in [0.3, 0.4) is 0 Å². The van der Waals surface area contributed by atoms with E-state index in [1.54, 1.807) is 17.4 Å². The molecule has 0 saturated carbocycles. The van der Waals surface area contributed by atoms with E-state index < -0.39 is 5.41 Å². The fourth-order valence-electron chi connectivity index (χ4n) is 3.94. The number of aryl methyl sites for hydroxylation is 1. The van der Waals surface area contributed by atoms with Crippen LogP contribution < -0.4 is 4.74 Å². The van der Waals surface area contributed by atoms with Crippen LogP contribution in [0.4, 0.5) is 5.69 Å². The summed E-state index contributed by atoms with van der Waals surface area (Å²) in [6, 6.07) is 14.1. The van der Waals surface area contributed by atoms with E-state index in [0.29, 0.717) is 5.69 Å². The molecule has 4 nitrogen and oxygen atoms in total. The first-order valence-corrected chi connectivity index (χ1v) is 11.6. The number of carbonyl (C=O) groups excluding carboxylic acids is 1. The van der Waals surface area contributed by atoms with Gasteiger partial charge in [0, 0.05) is 20.4 Å². The lowest BCUT2D eigenvalue weighted by Crippen LogP contribution is -2.27. The largest absolute Gasteiger partial charge is 0.486 e. The molecule has 2 aromatic carbocycles. The van der Waals surface area contributed by atoms with Gasteiger partial charge in [0.1, 0.15) is 18.0 Å². The molecule has 0 aliphatic rings. The molecule has 0 N–H and O–H groups in total. The van der Waals surface area contributed by atoms with Gasteiger partial charge in [0.25, 0.3) is 0 Å². The number of ketones is 1. The van der Waals surface area contributed by atoms with Crippen molar-refractivity contribution in [3.8, 4) is 5.75 Å². The molecule has 31 heavy (non-hydrogen) atoms. The van der Waals surface area contributed by atoms with E-state index in [1.807, 2.05) is 45.9 Å². The van der Waals surface area contributed by atoms with E-state index in [2.05, 4.69) is 37.2 Å². The van der Waals surface area contributed by atoms with Crippen molar-refractivity contribution in [2.75, 3.05) is 6.61 Å². The van der Waals surface area contributed by atoms with Crippen LogP contribution in [0.2, 0.25) is 0 Å². The Morgan fingerprint density at radius 1 is 1.03 bits per heavy atom. The summed E-state index contributed by atoms with van der Waals surface area (Å²) in [5, 5.41) is 4.13. The molecule has 0 saturated heterocycles. The third-order valence-electron chi connectivity index (χ3n) is 6.21. The average Bonchev–Trinajstić information content (AvgIpc) is 3.17. The highest BCUT2D eigenvalue weighted by atomic mass is 32.1. The number of benzene rings is 2. The lowest BCUT2D eigenvalue weighted by molar-refractivity contribution is -0.128. The summed E-state index contributed by atoms with van der Waals surface area (Å²) in [4.78, 5) is 24.4. The summed E-state index contributed by atoms with van der Waals surface area (Å²) in [6.45, 7) is 12.3. The first-order chi connectivity index (χ1) is 14.6. The Morgan fingerprint density at radius 3 is 2.32 bits per heavy atom. The van der Waals surface area contributed by atoms with Crippen molar-refractivity contribution in [2.45, 2.75) is 59.8 Å². The van der Waals surface area contributed by atoms with Crippen LogP contribution in [0.1, 0.15) is 63.5 Å². The standard InChI is InChI=1S/C26H31NO3S/c1-7-26(8-2,24-15-18-14-20(27-29)10-12-22(18)31-24)19-9-11-21(17(3)13-19)30-16-23(28)25(4,5)6/h9-15H,7-8,16H2,1-6H3. The molecule has 1 aromatic heterocycles. The first-order valence-electron chi connectivity index (χ1n) is 10.8. The monoisotopic (exact) mass is 437 g/mol. The Hall–Kier alpha value is -2.53. The molecule has 0 spiro atoms. The van der Waals surface area contributed by atoms with Crippen molar-refractivity contribution >= 4 is 32.9 Å². The van der Waals surface area contributed by atoms with E-state index in [4.69, 9.17) is 4.74 Å².